The molecule has 3 aromatic rings. The molecule has 3 heterocycles. The maximum absolute atomic E-state index is 12.5. The summed E-state index contributed by atoms with van der Waals surface area (Å²) in [6.45, 7) is 5.43. The summed E-state index contributed by atoms with van der Waals surface area (Å²) in [4.78, 5) is 21.4. The summed E-state index contributed by atoms with van der Waals surface area (Å²) in [6, 6.07) is 8.45. The number of nitrogens with one attached hydrogen (secondary N) is 2. The van der Waals surface area contributed by atoms with E-state index in [1.165, 1.54) is 0 Å². The first-order chi connectivity index (χ1) is 13.1. The van der Waals surface area contributed by atoms with Crippen LogP contribution in [0.3, 0.4) is 0 Å². The van der Waals surface area contributed by atoms with Crippen molar-refractivity contribution >= 4 is 22.5 Å². The first-order valence-corrected chi connectivity index (χ1v) is 9.20. The van der Waals surface area contributed by atoms with Gasteiger partial charge < -0.3 is 10.2 Å². The van der Waals surface area contributed by atoms with Gasteiger partial charge in [-0.15, -0.1) is 0 Å². The standard InChI is InChI=1S/C20H24N6O/c1-14-12-25(2)5-6-26(14)13-20(27)24-19-8-17-7-15(18-10-22-23-11-18)3-4-16(17)9-21-19/h3-4,7-11,14H,5-6,12-13H2,1-2H3,(H,22,23)(H,21,24,27). The molecule has 27 heavy (non-hydrogen) atoms. The third-order valence-electron chi connectivity index (χ3n) is 5.14. The fourth-order valence-electron chi connectivity index (χ4n) is 3.58. The van der Waals surface area contributed by atoms with Crippen LogP contribution in [-0.4, -0.2) is 70.2 Å². The first kappa shape index (κ1) is 17.6. The van der Waals surface area contributed by atoms with Gasteiger partial charge in [0, 0.05) is 49.0 Å². The maximum Gasteiger partial charge on any atom is 0.239 e. The quantitative estimate of drug-likeness (QED) is 0.742. The molecule has 1 atom stereocenters. The number of pyridine rings is 1. The number of likely N-dealkylation sites (N-methyl/N-ethyl adjacent to an activating group) is 1. The molecular formula is C20H24N6O. The molecule has 0 saturated carbocycles. The lowest BCUT2D eigenvalue weighted by atomic mass is 10.1. The van der Waals surface area contributed by atoms with Crippen LogP contribution >= 0.6 is 0 Å². The predicted octanol–water partition coefficient (Wildman–Crippen LogP) is 2.20. The number of piperazine rings is 1. The number of benzene rings is 1. The number of anilines is 1. The van der Waals surface area contributed by atoms with Crippen molar-refractivity contribution in [1.29, 1.82) is 0 Å². The second kappa shape index (κ2) is 7.46. The fraction of sp³-hybridized carbons (Fsp3) is 0.350. The molecule has 1 amide bonds. The smallest absolute Gasteiger partial charge is 0.239 e. The molecule has 140 valence electrons. The van der Waals surface area contributed by atoms with E-state index in [9.17, 15) is 4.79 Å². The molecule has 4 rings (SSSR count). The van der Waals surface area contributed by atoms with Crippen molar-refractivity contribution in [3.8, 4) is 11.1 Å². The summed E-state index contributed by atoms with van der Waals surface area (Å²) < 4.78 is 0. The number of hydrogen-bond acceptors (Lipinski definition) is 5. The van der Waals surface area contributed by atoms with E-state index in [4.69, 9.17) is 0 Å². The van der Waals surface area contributed by atoms with Gasteiger partial charge in [0.25, 0.3) is 0 Å². The van der Waals surface area contributed by atoms with Crippen LogP contribution in [0.15, 0.2) is 42.9 Å². The number of H-pyrrole nitrogens is 1. The van der Waals surface area contributed by atoms with Crippen molar-refractivity contribution in [3.63, 3.8) is 0 Å². The highest BCUT2D eigenvalue weighted by Crippen LogP contribution is 2.24. The lowest BCUT2D eigenvalue weighted by Gasteiger charge is -2.37. The minimum absolute atomic E-state index is 0.0238. The Morgan fingerprint density at radius 2 is 2.11 bits per heavy atom. The molecule has 0 radical (unpaired) electrons. The number of rotatable bonds is 4. The molecule has 0 spiro atoms. The van der Waals surface area contributed by atoms with Crippen LogP contribution in [0.5, 0.6) is 0 Å². The zero-order valence-corrected chi connectivity index (χ0v) is 15.6. The third-order valence-corrected chi connectivity index (χ3v) is 5.14. The van der Waals surface area contributed by atoms with Gasteiger partial charge in [0.2, 0.25) is 5.91 Å². The summed E-state index contributed by atoms with van der Waals surface area (Å²) in [5.41, 5.74) is 2.11. The topological polar surface area (TPSA) is 77.1 Å². The zero-order valence-electron chi connectivity index (χ0n) is 15.6. The van der Waals surface area contributed by atoms with Gasteiger partial charge in [-0.05, 0) is 37.1 Å². The molecule has 1 aliphatic rings. The number of aromatic nitrogens is 3. The van der Waals surface area contributed by atoms with Crippen LogP contribution in [0.2, 0.25) is 0 Å². The largest absolute Gasteiger partial charge is 0.310 e. The van der Waals surface area contributed by atoms with E-state index < -0.39 is 0 Å². The average Bonchev–Trinajstić information content (AvgIpc) is 3.18. The second-order valence-corrected chi connectivity index (χ2v) is 7.25. The van der Waals surface area contributed by atoms with Gasteiger partial charge in [0.15, 0.2) is 0 Å². The number of nitrogens with zero attached hydrogens (tertiary/aromatic N) is 4. The summed E-state index contributed by atoms with van der Waals surface area (Å²) in [7, 11) is 2.12. The van der Waals surface area contributed by atoms with E-state index >= 15 is 0 Å². The monoisotopic (exact) mass is 364 g/mol. The highest BCUT2D eigenvalue weighted by atomic mass is 16.2. The van der Waals surface area contributed by atoms with E-state index in [0.717, 1.165) is 41.5 Å². The van der Waals surface area contributed by atoms with Crippen LogP contribution in [0.1, 0.15) is 6.92 Å². The predicted molar refractivity (Wildman–Crippen MR) is 106 cm³/mol. The SMILES string of the molecule is CC1CN(C)CCN1CC(=O)Nc1cc2cc(-c3cn[nH]c3)ccc2cn1. The van der Waals surface area contributed by atoms with Crippen LogP contribution < -0.4 is 5.32 Å². The highest BCUT2D eigenvalue weighted by Gasteiger charge is 2.23. The molecule has 2 aromatic heterocycles. The van der Waals surface area contributed by atoms with Crippen LogP contribution in [0.25, 0.3) is 21.9 Å². The molecular weight excluding hydrogens is 340 g/mol. The van der Waals surface area contributed by atoms with Crippen molar-refractivity contribution in [1.82, 2.24) is 25.0 Å². The third kappa shape index (κ3) is 3.99. The van der Waals surface area contributed by atoms with E-state index in [1.54, 1.807) is 12.4 Å². The van der Waals surface area contributed by atoms with E-state index in [1.807, 2.05) is 24.4 Å². The molecule has 1 unspecified atom stereocenters. The van der Waals surface area contributed by atoms with Gasteiger partial charge in [-0.1, -0.05) is 12.1 Å². The first-order valence-electron chi connectivity index (χ1n) is 9.20. The molecule has 0 bridgehead atoms. The van der Waals surface area contributed by atoms with Crippen LogP contribution in [0, 0.1) is 0 Å². The minimum atomic E-state index is -0.0238. The van der Waals surface area contributed by atoms with Crippen molar-refractivity contribution in [2.45, 2.75) is 13.0 Å². The van der Waals surface area contributed by atoms with Gasteiger partial charge in [0.1, 0.15) is 5.82 Å². The molecule has 2 N–H and O–H groups in total. The maximum atomic E-state index is 12.5. The Morgan fingerprint density at radius 3 is 2.89 bits per heavy atom. The number of amides is 1. The Hall–Kier alpha value is -2.77. The molecule has 7 heteroatoms. The molecule has 1 aromatic carbocycles. The highest BCUT2D eigenvalue weighted by molar-refractivity contribution is 5.94. The van der Waals surface area contributed by atoms with Gasteiger partial charge in [-0.3, -0.25) is 14.8 Å². The molecule has 7 nitrogen and oxygen atoms in total. The van der Waals surface area contributed by atoms with Gasteiger partial charge in [-0.2, -0.15) is 5.10 Å². The number of hydrogen-bond donors (Lipinski definition) is 2. The van der Waals surface area contributed by atoms with Crippen molar-refractivity contribution in [3.05, 3.63) is 42.9 Å². The minimum Gasteiger partial charge on any atom is -0.310 e. The Balaban J connectivity index is 1.47. The van der Waals surface area contributed by atoms with E-state index in [-0.39, 0.29) is 5.91 Å². The zero-order chi connectivity index (χ0) is 18.8. The Kier molecular flexibility index (Phi) is 4.87. The Morgan fingerprint density at radius 1 is 1.22 bits per heavy atom. The number of carbonyl (C=O) groups excluding carboxylic acids is 1. The summed E-state index contributed by atoms with van der Waals surface area (Å²) in [5.74, 6) is 0.558. The summed E-state index contributed by atoms with van der Waals surface area (Å²) in [6.07, 6.45) is 5.45. The lowest BCUT2D eigenvalue weighted by Crippen LogP contribution is -2.52. The normalized spacial score (nSPS) is 18.7. The molecule has 0 aliphatic carbocycles. The van der Waals surface area contributed by atoms with E-state index in [2.05, 4.69) is 50.3 Å². The number of fused-ring (bicyclic) bond motifs is 1. The van der Waals surface area contributed by atoms with Crippen molar-refractivity contribution < 1.29 is 4.79 Å². The van der Waals surface area contributed by atoms with E-state index in [0.29, 0.717) is 18.4 Å². The van der Waals surface area contributed by atoms with Crippen LogP contribution in [0.4, 0.5) is 5.82 Å². The number of aromatic amines is 1. The Bertz CT molecular complexity index is 939. The second-order valence-electron chi connectivity index (χ2n) is 7.25. The van der Waals surface area contributed by atoms with Crippen LogP contribution in [-0.2, 0) is 4.79 Å². The van der Waals surface area contributed by atoms with Gasteiger partial charge in [-0.25, -0.2) is 4.98 Å². The molecule has 1 saturated heterocycles. The van der Waals surface area contributed by atoms with Crippen molar-refractivity contribution in [2.75, 3.05) is 38.5 Å². The lowest BCUT2D eigenvalue weighted by molar-refractivity contribution is -0.118. The fourth-order valence-corrected chi connectivity index (χ4v) is 3.58. The summed E-state index contributed by atoms with van der Waals surface area (Å²) in [5, 5.41) is 11.8. The van der Waals surface area contributed by atoms with Gasteiger partial charge >= 0.3 is 0 Å². The van der Waals surface area contributed by atoms with Crippen molar-refractivity contribution in [2.24, 2.45) is 0 Å². The average molecular weight is 364 g/mol. The van der Waals surface area contributed by atoms with Gasteiger partial charge in [0.05, 0.1) is 12.7 Å². The summed E-state index contributed by atoms with van der Waals surface area (Å²) >= 11 is 0. The number of carbonyl (C=O) groups is 1. The molecule has 1 aliphatic heterocycles. The molecule has 1 fully saturated rings. The Labute approximate surface area is 158 Å².